The lowest BCUT2D eigenvalue weighted by Gasteiger charge is -2.46. The number of aromatic nitrogens is 1. The Morgan fingerprint density at radius 3 is 2.31 bits per heavy atom. The number of β-lactam (4-membered cyclic amide) rings is 1. The number of ether oxygens (including phenoxy) is 2. The Morgan fingerprint density at radius 2 is 1.64 bits per heavy atom. The van der Waals surface area contributed by atoms with E-state index in [2.05, 4.69) is 24.0 Å². The summed E-state index contributed by atoms with van der Waals surface area (Å²) in [6.45, 7) is 2.66. The highest BCUT2D eigenvalue weighted by atomic mass is 35.5. The van der Waals surface area contributed by atoms with Crippen LogP contribution in [0.2, 0.25) is 5.02 Å². The minimum Gasteiger partial charge on any atom is -0.493 e. The van der Waals surface area contributed by atoms with E-state index in [-0.39, 0.29) is 11.9 Å². The third kappa shape index (κ3) is 5.21. The Kier molecular flexibility index (Phi) is 7.19. The van der Waals surface area contributed by atoms with Gasteiger partial charge in [-0.25, -0.2) is 0 Å². The van der Waals surface area contributed by atoms with Crippen molar-refractivity contribution in [3.8, 4) is 11.5 Å². The van der Waals surface area contributed by atoms with Crippen molar-refractivity contribution in [2.24, 2.45) is 0 Å². The average Bonchev–Trinajstić information content (AvgIpc) is 2.92. The van der Waals surface area contributed by atoms with Crippen LogP contribution in [0.4, 0.5) is 5.69 Å². The fourth-order valence-corrected chi connectivity index (χ4v) is 4.41. The normalized spacial score (nSPS) is 16.9. The van der Waals surface area contributed by atoms with Gasteiger partial charge in [-0.05, 0) is 72.1 Å². The predicted molar refractivity (Wildman–Crippen MR) is 142 cm³/mol. The van der Waals surface area contributed by atoms with Crippen LogP contribution in [0.15, 0.2) is 97.2 Å². The summed E-state index contributed by atoms with van der Waals surface area (Å²) in [5.74, 6) is 1.35. The molecule has 36 heavy (non-hydrogen) atoms. The van der Waals surface area contributed by atoms with Crippen molar-refractivity contribution in [1.82, 2.24) is 4.98 Å². The van der Waals surface area contributed by atoms with Crippen molar-refractivity contribution >= 4 is 23.2 Å². The molecule has 0 aliphatic carbocycles. The van der Waals surface area contributed by atoms with Gasteiger partial charge in [0, 0.05) is 29.0 Å². The second kappa shape index (κ2) is 10.8. The predicted octanol–water partition coefficient (Wildman–Crippen LogP) is 6.45. The molecule has 1 amide bonds. The molecule has 0 radical (unpaired) electrons. The molecule has 0 N–H and O–H groups in total. The molecule has 4 aromatic rings. The number of para-hydroxylation sites is 1. The van der Waals surface area contributed by atoms with E-state index in [0.29, 0.717) is 17.4 Å². The number of hydrogen-bond acceptors (Lipinski definition) is 4. The highest BCUT2D eigenvalue weighted by Gasteiger charge is 2.51. The van der Waals surface area contributed by atoms with Gasteiger partial charge in [-0.3, -0.25) is 14.7 Å². The number of halogens is 1. The van der Waals surface area contributed by atoms with Crippen LogP contribution in [0.5, 0.6) is 11.5 Å². The van der Waals surface area contributed by atoms with Crippen LogP contribution in [0.3, 0.4) is 0 Å². The largest absolute Gasteiger partial charge is 0.493 e. The molecule has 182 valence electrons. The molecule has 3 aromatic carbocycles. The van der Waals surface area contributed by atoms with Crippen LogP contribution in [0.1, 0.15) is 29.8 Å². The highest BCUT2D eigenvalue weighted by molar-refractivity contribution is 6.30. The number of hydrogen-bond donors (Lipinski definition) is 0. The van der Waals surface area contributed by atoms with Gasteiger partial charge >= 0.3 is 0 Å². The van der Waals surface area contributed by atoms with Gasteiger partial charge in [-0.2, -0.15) is 0 Å². The number of pyridine rings is 1. The SMILES string of the molecule is CCc1ccc(CCOc2ccc(C3C(Oc4ccccc4)C(=O)N3c3ccc(Cl)cc3)cc2)nc1. The number of nitrogens with zero attached hydrogens (tertiary/aromatic N) is 2. The first-order valence-corrected chi connectivity index (χ1v) is 12.5. The van der Waals surface area contributed by atoms with Crippen LogP contribution >= 0.6 is 11.6 Å². The molecule has 0 bridgehead atoms. The highest BCUT2D eigenvalue weighted by Crippen LogP contribution is 2.41. The van der Waals surface area contributed by atoms with Gasteiger partial charge in [-0.15, -0.1) is 0 Å². The number of rotatable bonds is 9. The van der Waals surface area contributed by atoms with E-state index in [1.165, 1.54) is 5.56 Å². The summed E-state index contributed by atoms with van der Waals surface area (Å²) in [7, 11) is 0. The second-order valence-corrected chi connectivity index (χ2v) is 9.10. The fourth-order valence-electron chi connectivity index (χ4n) is 4.28. The van der Waals surface area contributed by atoms with Crippen LogP contribution in [-0.2, 0) is 17.6 Å². The molecule has 1 aromatic heterocycles. The molecule has 1 fully saturated rings. The summed E-state index contributed by atoms with van der Waals surface area (Å²) < 4.78 is 12.1. The Labute approximate surface area is 216 Å². The smallest absolute Gasteiger partial charge is 0.271 e. The molecule has 5 nitrogen and oxygen atoms in total. The third-order valence-corrected chi connectivity index (χ3v) is 6.55. The summed E-state index contributed by atoms with van der Waals surface area (Å²) in [6.07, 6.45) is 3.02. The first-order valence-electron chi connectivity index (χ1n) is 12.1. The van der Waals surface area contributed by atoms with Gasteiger partial charge in [0.25, 0.3) is 5.91 Å². The minimum atomic E-state index is -0.619. The summed E-state index contributed by atoms with van der Waals surface area (Å²) in [5, 5.41) is 0.623. The van der Waals surface area contributed by atoms with Crippen LogP contribution in [0.25, 0.3) is 0 Å². The Morgan fingerprint density at radius 1 is 0.889 bits per heavy atom. The number of anilines is 1. The van der Waals surface area contributed by atoms with Crippen molar-refractivity contribution in [3.63, 3.8) is 0 Å². The number of aryl methyl sites for hydroxylation is 1. The molecule has 0 saturated carbocycles. The molecule has 1 aliphatic rings. The lowest BCUT2D eigenvalue weighted by Crippen LogP contribution is -2.61. The van der Waals surface area contributed by atoms with E-state index in [9.17, 15) is 4.79 Å². The Balaban J connectivity index is 1.30. The monoisotopic (exact) mass is 498 g/mol. The van der Waals surface area contributed by atoms with E-state index >= 15 is 0 Å². The van der Waals surface area contributed by atoms with Gasteiger partial charge in [0.15, 0.2) is 0 Å². The van der Waals surface area contributed by atoms with E-state index in [1.54, 1.807) is 17.0 Å². The summed E-state index contributed by atoms with van der Waals surface area (Å²) in [5.41, 5.74) is 3.99. The van der Waals surface area contributed by atoms with Crippen LogP contribution < -0.4 is 14.4 Å². The molecule has 1 saturated heterocycles. The van der Waals surface area contributed by atoms with Crippen LogP contribution in [0, 0.1) is 0 Å². The first kappa shape index (κ1) is 23.9. The van der Waals surface area contributed by atoms with E-state index in [4.69, 9.17) is 21.1 Å². The molecule has 5 rings (SSSR count). The Bertz CT molecular complexity index is 1290. The van der Waals surface area contributed by atoms with Gasteiger partial charge in [0.1, 0.15) is 17.5 Å². The number of benzene rings is 3. The molecule has 2 heterocycles. The molecule has 1 aliphatic heterocycles. The average molecular weight is 499 g/mol. The lowest BCUT2D eigenvalue weighted by atomic mass is 9.89. The van der Waals surface area contributed by atoms with Gasteiger partial charge in [0.05, 0.1) is 6.61 Å². The quantitative estimate of drug-likeness (QED) is 0.249. The zero-order valence-electron chi connectivity index (χ0n) is 20.0. The Hall–Kier alpha value is -3.83. The number of carbonyl (C=O) groups excluding carboxylic acids is 1. The molecular weight excluding hydrogens is 472 g/mol. The standard InChI is InChI=1S/C30H27ClN2O3/c1-2-21-8-13-24(32-20-21)18-19-35-26-16-9-22(10-17-26)28-29(36-27-6-4-3-5-7-27)30(34)33(28)25-14-11-23(31)12-15-25/h3-17,20,28-29H,2,18-19H2,1H3. The maximum Gasteiger partial charge on any atom is 0.271 e. The second-order valence-electron chi connectivity index (χ2n) is 8.66. The van der Waals surface area contributed by atoms with E-state index in [0.717, 1.165) is 35.5 Å². The lowest BCUT2D eigenvalue weighted by molar-refractivity contribution is -0.135. The van der Waals surface area contributed by atoms with Crippen molar-refractivity contribution in [3.05, 3.63) is 119 Å². The molecule has 2 unspecified atom stereocenters. The molecule has 2 atom stereocenters. The molecular formula is C30H27ClN2O3. The number of amides is 1. The summed E-state index contributed by atoms with van der Waals surface area (Å²) in [6, 6.07) is 28.4. The van der Waals surface area contributed by atoms with Crippen molar-refractivity contribution in [2.45, 2.75) is 31.9 Å². The van der Waals surface area contributed by atoms with E-state index in [1.807, 2.05) is 72.9 Å². The van der Waals surface area contributed by atoms with Crippen molar-refractivity contribution < 1.29 is 14.3 Å². The zero-order chi connectivity index (χ0) is 24.9. The van der Waals surface area contributed by atoms with Gasteiger partial charge < -0.3 is 9.47 Å². The molecule has 0 spiro atoms. The van der Waals surface area contributed by atoms with E-state index < -0.39 is 6.10 Å². The van der Waals surface area contributed by atoms with Crippen LogP contribution in [-0.4, -0.2) is 23.6 Å². The molecule has 6 heteroatoms. The zero-order valence-corrected chi connectivity index (χ0v) is 20.8. The van der Waals surface area contributed by atoms with Crippen molar-refractivity contribution in [1.29, 1.82) is 0 Å². The summed E-state index contributed by atoms with van der Waals surface area (Å²) in [4.78, 5) is 19.4. The van der Waals surface area contributed by atoms with Crippen molar-refractivity contribution in [2.75, 3.05) is 11.5 Å². The minimum absolute atomic E-state index is 0.0897. The first-order chi connectivity index (χ1) is 17.6. The maximum absolute atomic E-state index is 13.2. The maximum atomic E-state index is 13.2. The third-order valence-electron chi connectivity index (χ3n) is 6.30. The van der Waals surface area contributed by atoms with Gasteiger partial charge in [-0.1, -0.05) is 54.9 Å². The summed E-state index contributed by atoms with van der Waals surface area (Å²) >= 11 is 6.07. The topological polar surface area (TPSA) is 51.7 Å². The van der Waals surface area contributed by atoms with Gasteiger partial charge in [0.2, 0.25) is 6.10 Å². The fraction of sp³-hybridized carbons (Fsp3) is 0.200. The number of carbonyl (C=O) groups is 1.